The van der Waals surface area contributed by atoms with Crippen LogP contribution >= 0.6 is 11.3 Å². The van der Waals surface area contributed by atoms with Crippen molar-refractivity contribution in [2.24, 2.45) is 5.10 Å². The highest BCUT2D eigenvalue weighted by Gasteiger charge is 2.16. The summed E-state index contributed by atoms with van der Waals surface area (Å²) in [4.78, 5) is 4.62. The fraction of sp³-hybridized carbons (Fsp3) is 0.0435. The predicted molar refractivity (Wildman–Crippen MR) is 124 cm³/mol. The Morgan fingerprint density at radius 2 is 1.68 bits per heavy atom. The Morgan fingerprint density at radius 3 is 2.39 bits per heavy atom. The van der Waals surface area contributed by atoms with Crippen LogP contribution in [-0.4, -0.2) is 19.6 Å². The molecule has 0 aliphatic heterocycles. The first-order valence-corrected chi connectivity index (χ1v) is 11.7. The molecule has 0 fully saturated rings. The van der Waals surface area contributed by atoms with Crippen molar-refractivity contribution in [3.8, 4) is 17.0 Å². The Balaban J connectivity index is 1.37. The molecule has 1 N–H and O–H groups in total. The van der Waals surface area contributed by atoms with Gasteiger partial charge < -0.3 is 4.18 Å². The van der Waals surface area contributed by atoms with Gasteiger partial charge in [-0.3, -0.25) is 5.43 Å². The van der Waals surface area contributed by atoms with Crippen molar-refractivity contribution in [1.82, 2.24) is 4.98 Å². The van der Waals surface area contributed by atoms with Gasteiger partial charge in [-0.2, -0.15) is 13.5 Å². The van der Waals surface area contributed by atoms with Gasteiger partial charge in [-0.05, 0) is 48.9 Å². The molecule has 6 nitrogen and oxygen atoms in total. The number of anilines is 1. The van der Waals surface area contributed by atoms with Crippen LogP contribution in [0.4, 0.5) is 5.13 Å². The zero-order valence-corrected chi connectivity index (χ0v) is 18.2. The maximum Gasteiger partial charge on any atom is 0.339 e. The fourth-order valence-electron chi connectivity index (χ4n) is 2.72. The second-order valence-corrected chi connectivity index (χ2v) is 9.10. The molecule has 0 unspecified atom stereocenters. The van der Waals surface area contributed by atoms with E-state index in [-0.39, 0.29) is 10.6 Å². The van der Waals surface area contributed by atoms with Crippen molar-refractivity contribution >= 4 is 32.8 Å². The normalized spacial score (nSPS) is 11.5. The lowest BCUT2D eigenvalue weighted by Gasteiger charge is -2.07. The van der Waals surface area contributed by atoms with Crippen LogP contribution in [0.3, 0.4) is 0 Å². The number of nitrogens with one attached hydrogen (secondary N) is 1. The lowest BCUT2D eigenvalue weighted by molar-refractivity contribution is 0.486. The van der Waals surface area contributed by atoms with Crippen molar-refractivity contribution in [3.63, 3.8) is 0 Å². The minimum atomic E-state index is -3.87. The maximum atomic E-state index is 12.4. The largest absolute Gasteiger partial charge is 0.379 e. The first-order valence-electron chi connectivity index (χ1n) is 9.41. The first kappa shape index (κ1) is 20.8. The number of rotatable bonds is 7. The SMILES string of the molecule is Cc1ccc(S(=O)(=O)Oc2ccc(C=NNc3nc(-c4ccccc4)cs3)cc2)cc1. The molecule has 0 aliphatic carbocycles. The maximum absolute atomic E-state index is 12.4. The van der Waals surface area contributed by atoms with Gasteiger partial charge in [-0.25, -0.2) is 4.98 Å². The van der Waals surface area contributed by atoms with E-state index in [9.17, 15) is 8.42 Å². The third kappa shape index (κ3) is 5.36. The molecule has 1 heterocycles. The summed E-state index contributed by atoms with van der Waals surface area (Å²) in [5.41, 5.74) is 6.61. The molecule has 0 amide bonds. The topological polar surface area (TPSA) is 80.7 Å². The highest BCUT2D eigenvalue weighted by atomic mass is 32.2. The Labute approximate surface area is 185 Å². The molecule has 4 aromatic rings. The molecule has 8 heteroatoms. The Kier molecular flexibility index (Phi) is 6.11. The fourth-order valence-corrected chi connectivity index (χ4v) is 4.32. The van der Waals surface area contributed by atoms with Crippen LogP contribution in [0.2, 0.25) is 0 Å². The summed E-state index contributed by atoms with van der Waals surface area (Å²) in [6.45, 7) is 1.89. The summed E-state index contributed by atoms with van der Waals surface area (Å²) in [6.07, 6.45) is 1.63. The average Bonchev–Trinajstić information content (AvgIpc) is 3.25. The number of nitrogens with zero attached hydrogens (tertiary/aromatic N) is 2. The minimum Gasteiger partial charge on any atom is -0.379 e. The van der Waals surface area contributed by atoms with Crippen molar-refractivity contribution in [3.05, 3.63) is 95.4 Å². The highest BCUT2D eigenvalue weighted by molar-refractivity contribution is 7.87. The summed E-state index contributed by atoms with van der Waals surface area (Å²) in [5.74, 6) is 0.234. The van der Waals surface area contributed by atoms with Gasteiger partial charge in [-0.1, -0.05) is 48.0 Å². The number of thiazole rings is 1. The molecule has 0 saturated carbocycles. The van der Waals surface area contributed by atoms with E-state index < -0.39 is 10.1 Å². The van der Waals surface area contributed by atoms with E-state index >= 15 is 0 Å². The second-order valence-electron chi connectivity index (χ2n) is 6.69. The molecule has 0 aliphatic rings. The van der Waals surface area contributed by atoms with E-state index in [2.05, 4.69) is 15.5 Å². The Morgan fingerprint density at radius 1 is 0.968 bits per heavy atom. The van der Waals surface area contributed by atoms with Gasteiger partial charge in [0, 0.05) is 10.9 Å². The molecular formula is C23H19N3O3S2. The summed E-state index contributed by atoms with van der Waals surface area (Å²) >= 11 is 1.46. The number of hydrogen-bond donors (Lipinski definition) is 1. The molecule has 0 spiro atoms. The van der Waals surface area contributed by atoms with E-state index in [4.69, 9.17) is 4.18 Å². The third-order valence-electron chi connectivity index (χ3n) is 4.34. The van der Waals surface area contributed by atoms with Gasteiger partial charge in [0.1, 0.15) is 10.6 Å². The zero-order valence-electron chi connectivity index (χ0n) is 16.6. The van der Waals surface area contributed by atoms with Crippen LogP contribution in [0.1, 0.15) is 11.1 Å². The summed E-state index contributed by atoms with van der Waals surface area (Å²) in [6, 6.07) is 23.1. The Hall–Kier alpha value is -3.49. The van der Waals surface area contributed by atoms with Gasteiger partial charge in [-0.15, -0.1) is 11.3 Å². The van der Waals surface area contributed by atoms with E-state index in [0.717, 1.165) is 22.4 Å². The number of aryl methyl sites for hydroxylation is 1. The number of aromatic nitrogens is 1. The van der Waals surface area contributed by atoms with Crippen LogP contribution in [0.15, 0.2) is 94.2 Å². The second kappa shape index (κ2) is 9.11. The number of benzene rings is 3. The van der Waals surface area contributed by atoms with E-state index in [1.807, 2.05) is 42.6 Å². The van der Waals surface area contributed by atoms with E-state index in [0.29, 0.717) is 5.13 Å². The van der Waals surface area contributed by atoms with E-state index in [1.54, 1.807) is 42.6 Å². The monoisotopic (exact) mass is 449 g/mol. The molecule has 0 saturated heterocycles. The molecule has 0 bridgehead atoms. The molecule has 3 aromatic carbocycles. The quantitative estimate of drug-likeness (QED) is 0.234. The van der Waals surface area contributed by atoms with Crippen LogP contribution in [-0.2, 0) is 10.1 Å². The van der Waals surface area contributed by atoms with Gasteiger partial charge in [0.25, 0.3) is 0 Å². The van der Waals surface area contributed by atoms with Crippen molar-refractivity contribution < 1.29 is 12.6 Å². The molecule has 156 valence electrons. The zero-order chi connectivity index (χ0) is 21.7. The molecule has 1 aromatic heterocycles. The highest BCUT2D eigenvalue weighted by Crippen LogP contribution is 2.24. The minimum absolute atomic E-state index is 0.117. The van der Waals surface area contributed by atoms with Crippen LogP contribution in [0, 0.1) is 6.92 Å². The lowest BCUT2D eigenvalue weighted by Crippen LogP contribution is -2.09. The number of hydrogen-bond acceptors (Lipinski definition) is 7. The van der Waals surface area contributed by atoms with Crippen molar-refractivity contribution in [2.45, 2.75) is 11.8 Å². The molecule has 31 heavy (non-hydrogen) atoms. The summed E-state index contributed by atoms with van der Waals surface area (Å²) < 4.78 is 29.9. The average molecular weight is 450 g/mol. The molecule has 0 radical (unpaired) electrons. The predicted octanol–water partition coefficient (Wildman–Crippen LogP) is 5.33. The molecular weight excluding hydrogens is 430 g/mol. The Bertz CT molecular complexity index is 1280. The summed E-state index contributed by atoms with van der Waals surface area (Å²) in [5, 5.41) is 6.84. The summed E-state index contributed by atoms with van der Waals surface area (Å²) in [7, 11) is -3.87. The lowest BCUT2D eigenvalue weighted by atomic mass is 10.2. The molecule has 0 atom stereocenters. The van der Waals surface area contributed by atoms with Crippen LogP contribution < -0.4 is 9.61 Å². The van der Waals surface area contributed by atoms with Gasteiger partial charge in [0.15, 0.2) is 0 Å². The standard InChI is InChI=1S/C23H19N3O3S2/c1-17-7-13-21(14-8-17)31(27,28)29-20-11-9-18(10-12-20)15-24-26-23-25-22(16-30-23)19-5-3-2-4-6-19/h2-16H,1H3,(H,25,26). The van der Waals surface area contributed by atoms with Crippen molar-refractivity contribution in [2.75, 3.05) is 5.43 Å². The number of hydrazone groups is 1. The van der Waals surface area contributed by atoms with Crippen molar-refractivity contribution in [1.29, 1.82) is 0 Å². The van der Waals surface area contributed by atoms with Gasteiger partial charge in [0.05, 0.1) is 11.9 Å². The van der Waals surface area contributed by atoms with Gasteiger partial charge in [0.2, 0.25) is 5.13 Å². The third-order valence-corrected chi connectivity index (χ3v) is 6.35. The van der Waals surface area contributed by atoms with Crippen LogP contribution in [0.5, 0.6) is 5.75 Å². The first-order chi connectivity index (χ1) is 15.0. The smallest absolute Gasteiger partial charge is 0.339 e. The van der Waals surface area contributed by atoms with Gasteiger partial charge >= 0.3 is 10.1 Å². The van der Waals surface area contributed by atoms with Crippen LogP contribution in [0.25, 0.3) is 11.3 Å². The molecule has 4 rings (SSSR count). The van der Waals surface area contributed by atoms with E-state index in [1.165, 1.54) is 23.5 Å².